The zero-order valence-corrected chi connectivity index (χ0v) is 12.9. The number of hydrogen-bond acceptors (Lipinski definition) is 5. The second-order valence-electron chi connectivity index (χ2n) is 4.53. The number of aryl methyl sites for hydroxylation is 1. The first-order valence-corrected chi connectivity index (χ1v) is 7.58. The molecular weight excluding hydrogens is 288 g/mol. The number of urea groups is 1. The Morgan fingerprint density at radius 1 is 1.48 bits per heavy atom. The number of rotatable bonds is 6. The summed E-state index contributed by atoms with van der Waals surface area (Å²) in [5, 5.41) is 7.68. The molecule has 7 heteroatoms. The highest BCUT2D eigenvalue weighted by molar-refractivity contribution is 7.99. The number of thioether (sulfide) groups is 1. The summed E-state index contributed by atoms with van der Waals surface area (Å²) < 4.78 is 4.97. The van der Waals surface area contributed by atoms with Crippen LogP contribution in [0.2, 0.25) is 0 Å². The van der Waals surface area contributed by atoms with Crippen LogP contribution in [0.1, 0.15) is 11.5 Å². The van der Waals surface area contributed by atoms with Crippen LogP contribution in [-0.2, 0) is 6.54 Å². The normalized spacial score (nSPS) is 10.4. The second-order valence-corrected chi connectivity index (χ2v) is 5.65. The van der Waals surface area contributed by atoms with Crippen molar-refractivity contribution in [1.82, 2.24) is 20.4 Å². The van der Waals surface area contributed by atoms with Crippen molar-refractivity contribution in [3.05, 3.63) is 41.9 Å². The first kappa shape index (κ1) is 15.4. The zero-order chi connectivity index (χ0) is 15.1. The van der Waals surface area contributed by atoms with Crippen LogP contribution >= 0.6 is 11.8 Å². The summed E-state index contributed by atoms with van der Waals surface area (Å²) in [6.45, 7) is 2.84. The Bertz CT molecular complexity index is 573. The van der Waals surface area contributed by atoms with Gasteiger partial charge in [0.1, 0.15) is 11.5 Å². The van der Waals surface area contributed by atoms with E-state index in [-0.39, 0.29) is 6.03 Å². The van der Waals surface area contributed by atoms with Crippen molar-refractivity contribution in [2.24, 2.45) is 0 Å². The molecule has 0 aliphatic heterocycles. The maximum absolute atomic E-state index is 11.9. The smallest absolute Gasteiger partial charge is 0.317 e. The number of nitrogens with zero attached hydrogens (tertiary/aromatic N) is 3. The molecule has 112 valence electrons. The molecule has 6 nitrogen and oxygen atoms in total. The van der Waals surface area contributed by atoms with Gasteiger partial charge in [0, 0.05) is 31.6 Å². The van der Waals surface area contributed by atoms with Crippen LogP contribution in [0.5, 0.6) is 0 Å². The van der Waals surface area contributed by atoms with Crippen molar-refractivity contribution < 1.29 is 9.32 Å². The first-order valence-electron chi connectivity index (χ1n) is 6.60. The molecule has 0 bridgehead atoms. The van der Waals surface area contributed by atoms with E-state index in [0.717, 1.165) is 22.2 Å². The molecule has 0 aliphatic carbocycles. The third-order valence-electron chi connectivity index (χ3n) is 2.69. The van der Waals surface area contributed by atoms with Gasteiger partial charge in [0.25, 0.3) is 0 Å². The Labute approximate surface area is 127 Å². The van der Waals surface area contributed by atoms with E-state index < -0.39 is 0 Å². The van der Waals surface area contributed by atoms with E-state index in [4.69, 9.17) is 4.52 Å². The third-order valence-corrected chi connectivity index (χ3v) is 3.63. The van der Waals surface area contributed by atoms with Gasteiger partial charge in [-0.3, -0.25) is 0 Å². The maximum Gasteiger partial charge on any atom is 0.317 e. The Kier molecular flexibility index (Phi) is 5.62. The van der Waals surface area contributed by atoms with E-state index in [1.807, 2.05) is 31.2 Å². The summed E-state index contributed by atoms with van der Waals surface area (Å²) in [6.07, 6.45) is 1.76. The van der Waals surface area contributed by atoms with Gasteiger partial charge in [-0.2, -0.15) is 0 Å². The SMILES string of the molecule is Cc1cc(CN(C)C(=O)NCCSc2ccccn2)no1. The van der Waals surface area contributed by atoms with E-state index in [1.54, 1.807) is 29.9 Å². The topological polar surface area (TPSA) is 71.3 Å². The summed E-state index contributed by atoms with van der Waals surface area (Å²) >= 11 is 1.61. The Balaban J connectivity index is 1.67. The van der Waals surface area contributed by atoms with Crippen molar-refractivity contribution in [3.63, 3.8) is 0 Å². The lowest BCUT2D eigenvalue weighted by Crippen LogP contribution is -2.37. The molecule has 0 radical (unpaired) electrons. The molecule has 2 amide bonds. The fourth-order valence-corrected chi connectivity index (χ4v) is 2.41. The van der Waals surface area contributed by atoms with Crippen LogP contribution in [0.3, 0.4) is 0 Å². The minimum Gasteiger partial charge on any atom is -0.361 e. The molecular formula is C14H18N4O2S. The molecule has 0 saturated carbocycles. The fourth-order valence-electron chi connectivity index (χ4n) is 1.69. The highest BCUT2D eigenvalue weighted by atomic mass is 32.2. The fraction of sp³-hybridized carbons (Fsp3) is 0.357. The lowest BCUT2D eigenvalue weighted by molar-refractivity contribution is 0.206. The van der Waals surface area contributed by atoms with Gasteiger partial charge < -0.3 is 14.7 Å². The molecule has 0 atom stereocenters. The van der Waals surface area contributed by atoms with Gasteiger partial charge in [-0.05, 0) is 19.1 Å². The molecule has 1 N–H and O–H groups in total. The Hall–Kier alpha value is -2.02. The van der Waals surface area contributed by atoms with Gasteiger partial charge in [-0.25, -0.2) is 9.78 Å². The molecule has 2 aromatic rings. The van der Waals surface area contributed by atoms with E-state index in [9.17, 15) is 4.79 Å². The molecule has 0 spiro atoms. The molecule has 2 heterocycles. The van der Waals surface area contributed by atoms with Gasteiger partial charge >= 0.3 is 6.03 Å². The molecule has 2 aromatic heterocycles. The summed E-state index contributed by atoms with van der Waals surface area (Å²) in [7, 11) is 1.73. The summed E-state index contributed by atoms with van der Waals surface area (Å²) in [6, 6.07) is 7.47. The number of aromatic nitrogens is 2. The number of pyridine rings is 1. The van der Waals surface area contributed by atoms with Crippen LogP contribution in [0.25, 0.3) is 0 Å². The van der Waals surface area contributed by atoms with E-state index in [1.165, 1.54) is 0 Å². The average Bonchev–Trinajstić information content (AvgIpc) is 2.89. The van der Waals surface area contributed by atoms with Crippen molar-refractivity contribution in [2.45, 2.75) is 18.5 Å². The number of carbonyl (C=O) groups excluding carboxylic acids is 1. The largest absolute Gasteiger partial charge is 0.361 e. The van der Waals surface area contributed by atoms with Crippen molar-refractivity contribution in [2.75, 3.05) is 19.3 Å². The lowest BCUT2D eigenvalue weighted by atomic mass is 10.3. The molecule has 0 unspecified atom stereocenters. The Morgan fingerprint density at radius 2 is 2.33 bits per heavy atom. The molecule has 0 aromatic carbocycles. The van der Waals surface area contributed by atoms with Gasteiger partial charge in [-0.15, -0.1) is 11.8 Å². The molecule has 21 heavy (non-hydrogen) atoms. The van der Waals surface area contributed by atoms with Crippen molar-refractivity contribution >= 4 is 17.8 Å². The number of carbonyl (C=O) groups is 1. The van der Waals surface area contributed by atoms with Gasteiger partial charge in [-0.1, -0.05) is 11.2 Å². The van der Waals surface area contributed by atoms with Gasteiger partial charge in [0.15, 0.2) is 0 Å². The van der Waals surface area contributed by atoms with Crippen LogP contribution in [0.4, 0.5) is 4.79 Å². The first-order chi connectivity index (χ1) is 10.1. The molecule has 0 saturated heterocycles. The standard InChI is InChI=1S/C14H18N4O2S/c1-11-9-12(17-20-11)10-18(2)14(19)16-7-8-21-13-5-3-4-6-15-13/h3-6,9H,7-8,10H2,1-2H3,(H,16,19). The maximum atomic E-state index is 11.9. The van der Waals surface area contributed by atoms with Gasteiger partial charge in [0.2, 0.25) is 0 Å². The molecule has 2 rings (SSSR count). The lowest BCUT2D eigenvalue weighted by Gasteiger charge is -2.16. The van der Waals surface area contributed by atoms with Crippen molar-refractivity contribution in [1.29, 1.82) is 0 Å². The van der Waals surface area contributed by atoms with Crippen molar-refractivity contribution in [3.8, 4) is 0 Å². The number of nitrogens with one attached hydrogen (secondary N) is 1. The van der Waals surface area contributed by atoms with Crippen LogP contribution in [-0.4, -0.2) is 40.4 Å². The minimum absolute atomic E-state index is 0.128. The monoisotopic (exact) mass is 306 g/mol. The Morgan fingerprint density at radius 3 is 3.00 bits per heavy atom. The third kappa shape index (κ3) is 5.11. The predicted octanol–water partition coefficient (Wildman–Crippen LogP) is 2.31. The summed E-state index contributed by atoms with van der Waals surface area (Å²) in [5.41, 5.74) is 0.744. The highest BCUT2D eigenvalue weighted by Gasteiger charge is 2.10. The number of hydrogen-bond donors (Lipinski definition) is 1. The van der Waals surface area contributed by atoms with E-state index in [0.29, 0.717) is 13.1 Å². The summed E-state index contributed by atoms with van der Waals surface area (Å²) in [4.78, 5) is 17.7. The van der Waals surface area contributed by atoms with E-state index in [2.05, 4.69) is 15.5 Å². The second kappa shape index (κ2) is 7.68. The minimum atomic E-state index is -0.128. The zero-order valence-electron chi connectivity index (χ0n) is 12.1. The highest BCUT2D eigenvalue weighted by Crippen LogP contribution is 2.12. The average molecular weight is 306 g/mol. The quantitative estimate of drug-likeness (QED) is 0.655. The summed E-state index contributed by atoms with van der Waals surface area (Å²) in [5.74, 6) is 1.52. The predicted molar refractivity (Wildman–Crippen MR) is 81.1 cm³/mol. The van der Waals surface area contributed by atoms with Gasteiger partial charge in [0.05, 0.1) is 11.6 Å². The molecule has 0 aliphatic rings. The molecule has 0 fully saturated rings. The van der Waals surface area contributed by atoms with Crippen LogP contribution < -0.4 is 5.32 Å². The van der Waals surface area contributed by atoms with Crippen LogP contribution in [0, 0.1) is 6.92 Å². The number of amides is 2. The van der Waals surface area contributed by atoms with E-state index >= 15 is 0 Å². The van der Waals surface area contributed by atoms with Crippen LogP contribution in [0.15, 0.2) is 40.0 Å².